The quantitative estimate of drug-likeness (QED) is 0.503. The molecule has 0 fully saturated rings. The Morgan fingerprint density at radius 3 is 2.44 bits per heavy atom. The third kappa shape index (κ3) is 3.81. The Labute approximate surface area is 111 Å². The number of unbranched alkanes of at least 4 members (excludes halogenated alkanes) is 2. The maximum absolute atomic E-state index is 12.3. The number of carbonyl (C=O) groups excluding carboxylic acids is 1. The van der Waals surface area contributed by atoms with Gasteiger partial charge in [0, 0.05) is 19.4 Å². The van der Waals surface area contributed by atoms with Crippen molar-refractivity contribution in [1.29, 1.82) is 0 Å². The Bertz CT molecular complexity index is 321. The molecular formula is C16H26O2. The molecule has 0 saturated carbocycles. The van der Waals surface area contributed by atoms with Gasteiger partial charge in [-0.3, -0.25) is 4.79 Å². The first kappa shape index (κ1) is 15.2. The fourth-order valence-corrected chi connectivity index (χ4v) is 2.67. The maximum atomic E-state index is 12.3. The van der Waals surface area contributed by atoms with Crippen molar-refractivity contribution in [2.24, 2.45) is 5.92 Å². The molecule has 1 atom stereocenters. The molecule has 1 aliphatic carbocycles. The average Bonchev–Trinajstić information content (AvgIpc) is 2.34. The molecule has 2 heteroatoms. The molecule has 0 heterocycles. The van der Waals surface area contributed by atoms with Crippen molar-refractivity contribution in [1.82, 2.24) is 0 Å². The van der Waals surface area contributed by atoms with E-state index in [9.17, 15) is 4.79 Å². The molecule has 0 aromatic heterocycles. The lowest BCUT2D eigenvalue weighted by Gasteiger charge is -2.29. The molecule has 2 nitrogen and oxygen atoms in total. The lowest BCUT2D eigenvalue weighted by atomic mass is 9.81. The summed E-state index contributed by atoms with van der Waals surface area (Å²) >= 11 is 0. The average molecular weight is 250 g/mol. The van der Waals surface area contributed by atoms with Crippen LogP contribution in [-0.4, -0.2) is 19.0 Å². The Balaban J connectivity index is 2.69. The maximum Gasteiger partial charge on any atom is 0.162 e. The van der Waals surface area contributed by atoms with Crippen molar-refractivity contribution in [3.05, 3.63) is 23.3 Å². The number of carbonyl (C=O) groups is 1. The van der Waals surface area contributed by atoms with E-state index in [-0.39, 0.29) is 17.8 Å². The Kier molecular flexibility index (Phi) is 6.34. The van der Waals surface area contributed by atoms with Crippen LogP contribution in [0, 0.1) is 5.92 Å². The summed E-state index contributed by atoms with van der Waals surface area (Å²) in [6, 6.07) is 0. The molecule has 0 N–H and O–H groups in total. The van der Waals surface area contributed by atoms with Crippen molar-refractivity contribution >= 4 is 5.78 Å². The number of allylic oxidation sites excluding steroid dienone is 2. The largest absolute Gasteiger partial charge is 0.373 e. The normalized spacial score (nSPS) is 18.2. The van der Waals surface area contributed by atoms with E-state index in [1.807, 2.05) is 0 Å². The number of ether oxygens (including phenoxy) is 1. The molecule has 18 heavy (non-hydrogen) atoms. The van der Waals surface area contributed by atoms with Crippen LogP contribution in [0.3, 0.4) is 0 Å². The van der Waals surface area contributed by atoms with Crippen molar-refractivity contribution < 1.29 is 9.53 Å². The lowest BCUT2D eigenvalue weighted by Crippen LogP contribution is -2.34. The molecular weight excluding hydrogens is 224 g/mol. The van der Waals surface area contributed by atoms with E-state index in [1.54, 1.807) is 7.11 Å². The van der Waals surface area contributed by atoms with Gasteiger partial charge in [-0.15, -0.1) is 0 Å². The summed E-state index contributed by atoms with van der Waals surface area (Å²) in [5, 5.41) is 0. The van der Waals surface area contributed by atoms with Crippen LogP contribution < -0.4 is 0 Å². The van der Waals surface area contributed by atoms with Crippen LogP contribution >= 0.6 is 0 Å². The highest BCUT2D eigenvalue weighted by molar-refractivity contribution is 5.84. The van der Waals surface area contributed by atoms with Gasteiger partial charge in [-0.05, 0) is 26.7 Å². The van der Waals surface area contributed by atoms with Gasteiger partial charge >= 0.3 is 0 Å². The zero-order valence-corrected chi connectivity index (χ0v) is 12.2. The second-order valence-corrected chi connectivity index (χ2v) is 5.19. The molecule has 0 aliphatic heterocycles. The van der Waals surface area contributed by atoms with Crippen molar-refractivity contribution in [2.75, 3.05) is 7.11 Å². The third-order valence-corrected chi connectivity index (χ3v) is 3.76. The second kappa shape index (κ2) is 7.52. The Morgan fingerprint density at radius 2 is 1.94 bits per heavy atom. The first-order valence-electron chi connectivity index (χ1n) is 7.00. The predicted molar refractivity (Wildman–Crippen MR) is 75.6 cm³/mol. The third-order valence-electron chi connectivity index (χ3n) is 3.76. The number of ketones is 1. The smallest absolute Gasteiger partial charge is 0.162 e. The highest BCUT2D eigenvalue weighted by Crippen LogP contribution is 2.30. The second-order valence-electron chi connectivity index (χ2n) is 5.19. The van der Waals surface area contributed by atoms with E-state index >= 15 is 0 Å². The van der Waals surface area contributed by atoms with Gasteiger partial charge < -0.3 is 4.74 Å². The molecule has 0 aromatic rings. The fourth-order valence-electron chi connectivity index (χ4n) is 2.67. The van der Waals surface area contributed by atoms with Gasteiger partial charge in [0.05, 0.1) is 0 Å². The first-order valence-corrected chi connectivity index (χ1v) is 7.00. The number of Topliss-reactive ketones (excluding diaryl/α,β-unsaturated/α-hetero) is 1. The molecule has 0 amide bonds. The molecule has 1 unspecified atom stereocenters. The van der Waals surface area contributed by atoms with Crippen LogP contribution in [0.1, 0.15) is 52.9 Å². The van der Waals surface area contributed by atoms with Gasteiger partial charge in [0.2, 0.25) is 0 Å². The highest BCUT2D eigenvalue weighted by atomic mass is 16.5. The van der Waals surface area contributed by atoms with E-state index in [1.165, 1.54) is 11.1 Å². The number of hydrogen-bond donors (Lipinski definition) is 0. The highest BCUT2D eigenvalue weighted by Gasteiger charge is 2.30. The summed E-state index contributed by atoms with van der Waals surface area (Å²) in [5.74, 6) is 0.399. The topological polar surface area (TPSA) is 26.3 Å². The zero-order valence-electron chi connectivity index (χ0n) is 12.2. The minimum absolute atomic E-state index is 0.151. The molecule has 0 bridgehead atoms. The van der Waals surface area contributed by atoms with Crippen LogP contribution in [0.25, 0.3) is 0 Å². The van der Waals surface area contributed by atoms with Crippen LogP contribution in [0.2, 0.25) is 0 Å². The van der Waals surface area contributed by atoms with Crippen molar-refractivity contribution in [2.45, 2.75) is 59.0 Å². The van der Waals surface area contributed by atoms with Gasteiger partial charge in [-0.1, -0.05) is 43.1 Å². The van der Waals surface area contributed by atoms with E-state index in [4.69, 9.17) is 4.74 Å². The van der Waals surface area contributed by atoms with Gasteiger partial charge in [0.15, 0.2) is 5.78 Å². The zero-order chi connectivity index (χ0) is 13.5. The SMILES string of the molecule is CCCCCC(=O)C(OC)C1C(C)=CCC=C1C. The summed E-state index contributed by atoms with van der Waals surface area (Å²) in [5.41, 5.74) is 2.54. The number of methoxy groups -OCH3 is 1. The van der Waals surface area contributed by atoms with Gasteiger partial charge in [-0.2, -0.15) is 0 Å². The minimum atomic E-state index is -0.297. The molecule has 0 radical (unpaired) electrons. The summed E-state index contributed by atoms with van der Waals surface area (Å²) < 4.78 is 5.49. The summed E-state index contributed by atoms with van der Waals surface area (Å²) in [6.07, 6.45) is 8.97. The van der Waals surface area contributed by atoms with Crippen LogP contribution in [0.4, 0.5) is 0 Å². The minimum Gasteiger partial charge on any atom is -0.373 e. The van der Waals surface area contributed by atoms with Gasteiger partial charge in [0.25, 0.3) is 0 Å². The Hall–Kier alpha value is -0.890. The molecule has 0 saturated heterocycles. The summed E-state index contributed by atoms with van der Waals surface area (Å²) in [6.45, 7) is 6.36. The summed E-state index contributed by atoms with van der Waals surface area (Å²) in [7, 11) is 1.65. The molecule has 1 rings (SSSR count). The van der Waals surface area contributed by atoms with Crippen molar-refractivity contribution in [3.8, 4) is 0 Å². The van der Waals surface area contributed by atoms with Crippen LogP contribution in [0.5, 0.6) is 0 Å². The number of rotatable bonds is 7. The molecule has 0 spiro atoms. The number of hydrogen-bond acceptors (Lipinski definition) is 2. The molecule has 102 valence electrons. The van der Waals surface area contributed by atoms with Gasteiger partial charge in [-0.25, -0.2) is 0 Å². The van der Waals surface area contributed by atoms with E-state index in [2.05, 4.69) is 32.9 Å². The summed E-state index contributed by atoms with van der Waals surface area (Å²) in [4.78, 5) is 12.3. The van der Waals surface area contributed by atoms with E-state index in [0.29, 0.717) is 6.42 Å². The van der Waals surface area contributed by atoms with Crippen LogP contribution in [-0.2, 0) is 9.53 Å². The standard InChI is InChI=1S/C16H26O2/c1-5-6-7-11-14(17)16(18-4)15-12(2)9-8-10-13(15)3/h9-10,15-16H,5-8,11H2,1-4H3. The van der Waals surface area contributed by atoms with Gasteiger partial charge in [0.1, 0.15) is 6.10 Å². The molecule has 1 aliphatic rings. The molecule has 0 aromatic carbocycles. The first-order chi connectivity index (χ1) is 8.61. The fraction of sp³-hybridized carbons (Fsp3) is 0.688. The lowest BCUT2D eigenvalue weighted by molar-refractivity contribution is -0.130. The monoisotopic (exact) mass is 250 g/mol. The Morgan fingerprint density at radius 1 is 1.33 bits per heavy atom. The van der Waals surface area contributed by atoms with E-state index < -0.39 is 0 Å². The van der Waals surface area contributed by atoms with Crippen LogP contribution in [0.15, 0.2) is 23.3 Å². The van der Waals surface area contributed by atoms with Crippen molar-refractivity contribution in [3.63, 3.8) is 0 Å². The predicted octanol–water partition coefficient (Wildman–Crippen LogP) is 4.06. The van der Waals surface area contributed by atoms with E-state index in [0.717, 1.165) is 25.7 Å².